The molecule has 0 aromatic rings. The van der Waals surface area contributed by atoms with Gasteiger partial charge in [0, 0.05) is 0 Å². The van der Waals surface area contributed by atoms with Crippen molar-refractivity contribution < 1.29 is 4.39 Å². The van der Waals surface area contributed by atoms with Gasteiger partial charge in [-0.2, -0.15) is 0 Å². The fourth-order valence-electron chi connectivity index (χ4n) is 0.819. The van der Waals surface area contributed by atoms with Crippen LogP contribution in [-0.4, -0.2) is 0 Å². The lowest BCUT2D eigenvalue weighted by molar-refractivity contribution is 0.642. The summed E-state index contributed by atoms with van der Waals surface area (Å²) in [7, 11) is 0. The first kappa shape index (κ1) is 6.81. The van der Waals surface area contributed by atoms with E-state index in [4.69, 9.17) is 11.6 Å². The van der Waals surface area contributed by atoms with Gasteiger partial charge < -0.3 is 0 Å². The van der Waals surface area contributed by atoms with Gasteiger partial charge in [0.2, 0.25) is 0 Å². The van der Waals surface area contributed by atoms with Crippen molar-refractivity contribution >= 4 is 11.6 Å². The molecule has 50 valence electrons. The maximum atomic E-state index is 12.5. The first-order chi connectivity index (χ1) is 4.22. The third kappa shape index (κ3) is 1.33. The molecular weight excluding hydrogens is 139 g/mol. The zero-order valence-corrected chi connectivity index (χ0v) is 6.00. The molecule has 0 amide bonds. The maximum Gasteiger partial charge on any atom is 0.137 e. The fourth-order valence-corrected chi connectivity index (χ4v) is 0.990. The quantitative estimate of drug-likeness (QED) is 0.493. The van der Waals surface area contributed by atoms with Gasteiger partial charge >= 0.3 is 0 Å². The van der Waals surface area contributed by atoms with Gasteiger partial charge in [0.1, 0.15) is 5.83 Å². The van der Waals surface area contributed by atoms with Gasteiger partial charge in [-0.3, -0.25) is 0 Å². The molecule has 0 saturated carbocycles. The minimum Gasteiger partial charge on any atom is -0.206 e. The predicted octanol–water partition coefficient (Wildman–Crippen LogP) is 3.15. The Morgan fingerprint density at radius 3 is 2.78 bits per heavy atom. The Bertz CT molecular complexity index is 179. The molecule has 0 aromatic heterocycles. The van der Waals surface area contributed by atoms with E-state index in [1.165, 1.54) is 6.08 Å². The number of hydrogen-bond acceptors (Lipinski definition) is 0. The molecule has 0 N–H and O–H groups in total. The van der Waals surface area contributed by atoms with E-state index in [2.05, 4.69) is 0 Å². The van der Waals surface area contributed by atoms with E-state index in [1.54, 1.807) is 0 Å². The fraction of sp³-hybridized carbons (Fsp3) is 0.429. The molecule has 0 radical (unpaired) electrons. The Morgan fingerprint density at radius 1 is 1.67 bits per heavy atom. The summed E-state index contributed by atoms with van der Waals surface area (Å²) < 4.78 is 12.5. The van der Waals surface area contributed by atoms with E-state index in [0.29, 0.717) is 5.03 Å². The highest BCUT2D eigenvalue weighted by atomic mass is 35.5. The molecule has 0 nitrogen and oxygen atoms in total. The molecule has 2 heteroatoms. The van der Waals surface area contributed by atoms with E-state index in [1.807, 2.05) is 6.92 Å². The molecule has 0 saturated heterocycles. The lowest BCUT2D eigenvalue weighted by atomic mass is 10.1. The van der Waals surface area contributed by atoms with Gasteiger partial charge in [-0.15, -0.1) is 0 Å². The van der Waals surface area contributed by atoms with Crippen LogP contribution in [0.2, 0.25) is 0 Å². The van der Waals surface area contributed by atoms with Crippen molar-refractivity contribution in [3.8, 4) is 0 Å². The summed E-state index contributed by atoms with van der Waals surface area (Å²) in [5.74, 6) is -0.264. The number of hydrogen-bond donors (Lipinski definition) is 0. The van der Waals surface area contributed by atoms with Gasteiger partial charge in [0.25, 0.3) is 0 Å². The Hall–Kier alpha value is -0.300. The average molecular weight is 147 g/mol. The Labute approximate surface area is 59.0 Å². The van der Waals surface area contributed by atoms with Crippen LogP contribution in [0, 0.1) is 0 Å². The van der Waals surface area contributed by atoms with Gasteiger partial charge in [-0.05, 0) is 25.8 Å². The van der Waals surface area contributed by atoms with Crippen LogP contribution in [0.25, 0.3) is 0 Å². The smallest absolute Gasteiger partial charge is 0.137 e. The predicted molar refractivity (Wildman–Crippen MR) is 37.0 cm³/mol. The van der Waals surface area contributed by atoms with Crippen LogP contribution in [0.3, 0.4) is 0 Å². The lowest BCUT2D eigenvalue weighted by Gasteiger charge is -2.07. The molecule has 0 atom stereocenters. The molecule has 0 unspecified atom stereocenters. The highest BCUT2D eigenvalue weighted by Gasteiger charge is 2.09. The first-order valence-electron chi connectivity index (χ1n) is 2.93. The monoisotopic (exact) mass is 146 g/mol. The normalized spacial score (nSPS) is 20.1. The molecule has 1 rings (SSSR count). The van der Waals surface area contributed by atoms with Crippen molar-refractivity contribution in [2.75, 3.05) is 0 Å². The Kier molecular flexibility index (Phi) is 1.91. The third-order valence-corrected chi connectivity index (χ3v) is 1.93. The van der Waals surface area contributed by atoms with Crippen LogP contribution in [-0.2, 0) is 0 Å². The zero-order chi connectivity index (χ0) is 6.85. The number of halogens is 2. The zero-order valence-electron chi connectivity index (χ0n) is 5.25. The van der Waals surface area contributed by atoms with E-state index in [-0.39, 0.29) is 5.83 Å². The molecular formula is C7H8ClF. The van der Waals surface area contributed by atoms with Crippen molar-refractivity contribution in [3.05, 3.63) is 22.5 Å². The van der Waals surface area contributed by atoms with Crippen molar-refractivity contribution in [2.45, 2.75) is 19.8 Å². The minimum atomic E-state index is -0.264. The van der Waals surface area contributed by atoms with Crippen LogP contribution in [0.15, 0.2) is 22.5 Å². The standard InChI is InChI=1S/C7H8ClF/c1-5-3-2-4-6(9)7(5)8/h4H,2-3H2,1H3. The molecule has 0 fully saturated rings. The van der Waals surface area contributed by atoms with Crippen molar-refractivity contribution in [1.29, 1.82) is 0 Å². The Balaban J connectivity index is 2.88. The summed E-state index contributed by atoms with van der Waals surface area (Å²) in [5, 5.41) is 0.307. The van der Waals surface area contributed by atoms with E-state index in [0.717, 1.165) is 18.4 Å². The number of rotatable bonds is 0. The summed E-state index contributed by atoms with van der Waals surface area (Å²) in [6.45, 7) is 1.86. The summed E-state index contributed by atoms with van der Waals surface area (Å²) >= 11 is 5.55. The second-order valence-corrected chi connectivity index (χ2v) is 2.56. The highest BCUT2D eigenvalue weighted by molar-refractivity contribution is 6.32. The molecule has 0 spiro atoms. The lowest BCUT2D eigenvalue weighted by Crippen LogP contribution is -1.89. The second-order valence-electron chi connectivity index (χ2n) is 2.19. The summed E-state index contributed by atoms with van der Waals surface area (Å²) in [5.41, 5.74) is 0.955. The van der Waals surface area contributed by atoms with E-state index in [9.17, 15) is 4.39 Å². The van der Waals surface area contributed by atoms with Crippen molar-refractivity contribution in [1.82, 2.24) is 0 Å². The van der Waals surface area contributed by atoms with Crippen molar-refractivity contribution in [2.24, 2.45) is 0 Å². The van der Waals surface area contributed by atoms with Crippen LogP contribution in [0.4, 0.5) is 4.39 Å². The number of allylic oxidation sites excluding steroid dienone is 4. The summed E-state index contributed by atoms with van der Waals surface area (Å²) in [6.07, 6.45) is 3.20. The van der Waals surface area contributed by atoms with Crippen molar-refractivity contribution in [3.63, 3.8) is 0 Å². The van der Waals surface area contributed by atoms with Crippen LogP contribution < -0.4 is 0 Å². The van der Waals surface area contributed by atoms with Crippen LogP contribution in [0.5, 0.6) is 0 Å². The SMILES string of the molecule is CC1=C(Cl)C(F)=CCC1. The molecule has 9 heavy (non-hydrogen) atoms. The van der Waals surface area contributed by atoms with Gasteiger partial charge in [0.15, 0.2) is 0 Å². The topological polar surface area (TPSA) is 0 Å². The van der Waals surface area contributed by atoms with Crippen LogP contribution >= 0.6 is 11.6 Å². The average Bonchev–Trinajstić information content (AvgIpc) is 1.83. The van der Waals surface area contributed by atoms with Gasteiger partial charge in [-0.1, -0.05) is 17.2 Å². The maximum absolute atomic E-state index is 12.5. The van der Waals surface area contributed by atoms with Gasteiger partial charge in [-0.25, -0.2) is 4.39 Å². The second kappa shape index (κ2) is 2.53. The molecule has 1 aliphatic carbocycles. The molecule has 0 heterocycles. The Morgan fingerprint density at radius 2 is 2.33 bits per heavy atom. The third-order valence-electron chi connectivity index (χ3n) is 1.43. The molecule has 0 aromatic carbocycles. The van der Waals surface area contributed by atoms with Gasteiger partial charge in [0.05, 0.1) is 5.03 Å². The highest BCUT2D eigenvalue weighted by Crippen LogP contribution is 2.28. The molecule has 1 aliphatic rings. The minimum absolute atomic E-state index is 0.264. The summed E-state index contributed by atoms with van der Waals surface area (Å²) in [6, 6.07) is 0. The first-order valence-corrected chi connectivity index (χ1v) is 3.31. The largest absolute Gasteiger partial charge is 0.206 e. The summed E-state index contributed by atoms with van der Waals surface area (Å²) in [4.78, 5) is 0. The molecule has 0 aliphatic heterocycles. The van der Waals surface area contributed by atoms with E-state index < -0.39 is 0 Å². The molecule has 0 bridgehead atoms. The van der Waals surface area contributed by atoms with Crippen LogP contribution in [0.1, 0.15) is 19.8 Å². The van der Waals surface area contributed by atoms with E-state index >= 15 is 0 Å².